The summed E-state index contributed by atoms with van der Waals surface area (Å²) in [6.45, 7) is 1.70. The van der Waals surface area contributed by atoms with E-state index in [-0.39, 0.29) is 21.5 Å². The Bertz CT molecular complexity index is 1140. The van der Waals surface area contributed by atoms with Crippen molar-refractivity contribution in [3.63, 3.8) is 0 Å². The molecule has 2 aromatic carbocycles. The highest BCUT2D eigenvalue weighted by Gasteiger charge is 2.39. The molecule has 3 rings (SSSR count). The van der Waals surface area contributed by atoms with Crippen LogP contribution in [0, 0.1) is 6.92 Å². The Labute approximate surface area is 197 Å². The zero-order valence-corrected chi connectivity index (χ0v) is 18.8. The minimum Gasteiger partial charge on any atom is -0.321 e. The number of aromatic nitrogens is 1. The molecule has 1 unspecified atom stereocenters. The number of allylic oxidation sites excluding steroid dienone is 1. The third kappa shape index (κ3) is 6.25. The van der Waals surface area contributed by atoms with Gasteiger partial charge < -0.3 is 5.32 Å². The van der Waals surface area contributed by atoms with Gasteiger partial charge in [-0.3, -0.25) is 4.79 Å². The van der Waals surface area contributed by atoms with Crippen molar-refractivity contribution in [2.45, 2.75) is 19.0 Å². The van der Waals surface area contributed by atoms with Crippen LogP contribution in [-0.4, -0.2) is 17.1 Å². The number of amides is 1. The van der Waals surface area contributed by atoms with Crippen LogP contribution in [0.1, 0.15) is 33.0 Å². The number of hydrogen-bond donors (Lipinski definition) is 1. The van der Waals surface area contributed by atoms with Gasteiger partial charge in [0, 0.05) is 15.6 Å². The molecular formula is C23H16Cl3F3N2O. The summed E-state index contributed by atoms with van der Waals surface area (Å²) in [7, 11) is 0. The number of pyridine rings is 1. The van der Waals surface area contributed by atoms with Crippen LogP contribution >= 0.6 is 34.8 Å². The lowest BCUT2D eigenvalue weighted by atomic mass is 9.96. The second-order valence-corrected chi connectivity index (χ2v) is 8.24. The van der Waals surface area contributed by atoms with Crippen LogP contribution < -0.4 is 5.32 Å². The minimum absolute atomic E-state index is 0.0597. The predicted molar refractivity (Wildman–Crippen MR) is 123 cm³/mol. The molecule has 3 aromatic rings. The lowest BCUT2D eigenvalue weighted by molar-refractivity contribution is -0.139. The number of carbonyl (C=O) groups excluding carboxylic acids is 1. The Balaban J connectivity index is 1.82. The van der Waals surface area contributed by atoms with E-state index in [2.05, 4.69) is 10.3 Å². The van der Waals surface area contributed by atoms with Crippen molar-refractivity contribution in [2.24, 2.45) is 0 Å². The molecule has 0 saturated carbocycles. The van der Waals surface area contributed by atoms with E-state index in [9.17, 15) is 18.0 Å². The van der Waals surface area contributed by atoms with Gasteiger partial charge in [0.05, 0.1) is 17.8 Å². The van der Waals surface area contributed by atoms with Gasteiger partial charge in [-0.05, 0) is 60.0 Å². The number of rotatable bonds is 5. The molecule has 0 saturated heterocycles. The molecule has 0 fully saturated rings. The maximum Gasteiger partial charge on any atom is 0.399 e. The van der Waals surface area contributed by atoms with E-state index in [0.717, 1.165) is 6.08 Å². The van der Waals surface area contributed by atoms with Gasteiger partial charge in [0.25, 0.3) is 5.91 Å². The van der Waals surface area contributed by atoms with E-state index >= 15 is 0 Å². The summed E-state index contributed by atoms with van der Waals surface area (Å²) in [5.74, 6) is -2.26. The molecule has 1 N–H and O–H groups in total. The Hall–Kier alpha value is -2.54. The molecule has 0 radical (unpaired) electrons. The highest BCUT2D eigenvalue weighted by Crippen LogP contribution is 2.38. The van der Waals surface area contributed by atoms with E-state index in [0.29, 0.717) is 27.5 Å². The topological polar surface area (TPSA) is 42.0 Å². The average molecular weight is 500 g/mol. The lowest BCUT2D eigenvalue weighted by Gasteiger charge is -2.18. The van der Waals surface area contributed by atoms with E-state index < -0.39 is 12.1 Å². The third-order valence-corrected chi connectivity index (χ3v) is 5.22. The monoisotopic (exact) mass is 498 g/mol. The normalized spacial score (nSPS) is 12.7. The number of hydrogen-bond acceptors (Lipinski definition) is 2. The molecule has 1 amide bonds. The zero-order chi connectivity index (χ0) is 23.5. The molecule has 0 aliphatic carbocycles. The smallest absolute Gasteiger partial charge is 0.321 e. The molecular weight excluding hydrogens is 484 g/mol. The van der Waals surface area contributed by atoms with Gasteiger partial charge >= 0.3 is 6.18 Å². The maximum atomic E-state index is 13.6. The molecule has 1 atom stereocenters. The Kier molecular flexibility index (Phi) is 7.49. The number of alkyl halides is 3. The van der Waals surface area contributed by atoms with Crippen molar-refractivity contribution in [3.05, 3.63) is 98.3 Å². The minimum atomic E-state index is -4.54. The number of anilines is 1. The highest BCUT2D eigenvalue weighted by molar-refractivity contribution is 6.34. The van der Waals surface area contributed by atoms with Crippen LogP contribution in [0.15, 0.2) is 60.8 Å². The molecule has 0 aliphatic rings. The van der Waals surface area contributed by atoms with E-state index in [4.69, 9.17) is 34.8 Å². The molecule has 166 valence electrons. The molecule has 0 spiro atoms. The molecule has 1 aromatic heterocycles. The fourth-order valence-electron chi connectivity index (χ4n) is 3.06. The quantitative estimate of drug-likeness (QED) is 0.362. The first-order valence-corrected chi connectivity index (χ1v) is 10.4. The Morgan fingerprint density at radius 1 is 1.03 bits per heavy atom. The number of nitrogens with zero attached hydrogens (tertiary/aromatic N) is 1. The van der Waals surface area contributed by atoms with Crippen molar-refractivity contribution in [3.8, 4) is 0 Å². The fraction of sp³-hybridized carbons (Fsp3) is 0.130. The summed E-state index contributed by atoms with van der Waals surface area (Å²) in [6.07, 6.45) is -0.724. The average Bonchev–Trinajstić information content (AvgIpc) is 2.68. The van der Waals surface area contributed by atoms with Crippen LogP contribution in [0.25, 0.3) is 6.08 Å². The van der Waals surface area contributed by atoms with Gasteiger partial charge in [0.2, 0.25) is 0 Å². The molecule has 3 nitrogen and oxygen atoms in total. The van der Waals surface area contributed by atoms with Crippen molar-refractivity contribution < 1.29 is 18.0 Å². The number of halogens is 6. The molecule has 0 aliphatic heterocycles. The van der Waals surface area contributed by atoms with Gasteiger partial charge in [0.15, 0.2) is 0 Å². The predicted octanol–water partition coefficient (Wildman–Crippen LogP) is 7.96. The summed E-state index contributed by atoms with van der Waals surface area (Å²) >= 11 is 17.5. The fourth-order valence-corrected chi connectivity index (χ4v) is 3.72. The summed E-state index contributed by atoms with van der Waals surface area (Å²) in [5.41, 5.74) is 1.90. The Morgan fingerprint density at radius 3 is 2.28 bits per heavy atom. The molecule has 1 heterocycles. The van der Waals surface area contributed by atoms with Gasteiger partial charge in [-0.25, -0.2) is 4.98 Å². The van der Waals surface area contributed by atoms with Crippen LogP contribution in [0.2, 0.25) is 15.2 Å². The van der Waals surface area contributed by atoms with Crippen molar-refractivity contribution in [1.29, 1.82) is 0 Å². The van der Waals surface area contributed by atoms with E-state index in [1.54, 1.807) is 37.3 Å². The zero-order valence-electron chi connectivity index (χ0n) is 16.6. The highest BCUT2D eigenvalue weighted by atomic mass is 35.5. The first-order chi connectivity index (χ1) is 15.0. The second kappa shape index (κ2) is 9.94. The standard InChI is InChI=1S/C23H16Cl3F3N2O/c1-13-8-14(2-5-19(13)22(32)31-18-4-7-21(26)30-12-18)3-6-20(23(27,28)29)15-9-16(24)11-17(25)10-15/h2-12,20H,1H3,(H,31,32)/b6-3+. The van der Waals surface area contributed by atoms with E-state index in [1.807, 2.05) is 0 Å². The maximum absolute atomic E-state index is 13.6. The number of aryl methyl sites for hydroxylation is 1. The largest absolute Gasteiger partial charge is 0.399 e. The second-order valence-electron chi connectivity index (χ2n) is 6.98. The molecule has 32 heavy (non-hydrogen) atoms. The van der Waals surface area contributed by atoms with Crippen molar-refractivity contribution >= 4 is 52.5 Å². The van der Waals surface area contributed by atoms with E-state index in [1.165, 1.54) is 30.5 Å². The summed E-state index contributed by atoms with van der Waals surface area (Å²) in [4.78, 5) is 16.4. The van der Waals surface area contributed by atoms with Crippen molar-refractivity contribution in [1.82, 2.24) is 4.98 Å². The number of nitrogens with one attached hydrogen (secondary N) is 1. The first-order valence-electron chi connectivity index (χ1n) is 9.27. The molecule has 0 bridgehead atoms. The van der Waals surface area contributed by atoms with Crippen molar-refractivity contribution in [2.75, 3.05) is 5.32 Å². The van der Waals surface area contributed by atoms with Crippen LogP contribution in [0.4, 0.5) is 18.9 Å². The van der Waals surface area contributed by atoms with Crippen LogP contribution in [-0.2, 0) is 0 Å². The summed E-state index contributed by atoms with van der Waals surface area (Å²) < 4.78 is 40.9. The first kappa shape index (κ1) is 24.1. The van der Waals surface area contributed by atoms with Gasteiger partial charge in [0.1, 0.15) is 5.15 Å². The third-order valence-electron chi connectivity index (χ3n) is 4.56. The van der Waals surface area contributed by atoms with Gasteiger partial charge in [-0.15, -0.1) is 0 Å². The van der Waals surface area contributed by atoms with Crippen LogP contribution in [0.3, 0.4) is 0 Å². The Morgan fingerprint density at radius 2 is 1.72 bits per heavy atom. The molecule has 9 heteroatoms. The summed E-state index contributed by atoms with van der Waals surface area (Å²) in [5, 5.41) is 3.24. The summed E-state index contributed by atoms with van der Waals surface area (Å²) in [6, 6.07) is 11.7. The van der Waals surface area contributed by atoms with Crippen LogP contribution in [0.5, 0.6) is 0 Å². The number of carbonyl (C=O) groups is 1. The van der Waals surface area contributed by atoms with Gasteiger partial charge in [-0.1, -0.05) is 59.1 Å². The lowest BCUT2D eigenvalue weighted by Crippen LogP contribution is -2.19. The number of benzene rings is 2. The van der Waals surface area contributed by atoms with Gasteiger partial charge in [-0.2, -0.15) is 13.2 Å². The SMILES string of the molecule is Cc1cc(/C=C/C(c2cc(Cl)cc(Cl)c2)C(F)(F)F)ccc1C(=O)Nc1ccc(Cl)nc1.